The minimum Gasteiger partial charge on any atom is -0.508 e. The molecule has 0 radical (unpaired) electrons. The molecule has 2 bridgehead atoms. The van der Waals surface area contributed by atoms with Crippen molar-refractivity contribution in [3.63, 3.8) is 0 Å². The Labute approximate surface area is 615 Å². The second-order valence-corrected chi connectivity index (χ2v) is 27.0. The average molecular weight is 1530 g/mol. The second-order valence-electron chi connectivity index (χ2n) is 24.4. The minimum atomic E-state index is -2.04. The van der Waals surface area contributed by atoms with Crippen LogP contribution >= 0.6 is 21.6 Å². The third-order valence-corrected chi connectivity index (χ3v) is 18.6. The van der Waals surface area contributed by atoms with Gasteiger partial charge in [0, 0.05) is 50.7 Å². The number of aliphatic carboxylic acids is 2. The van der Waals surface area contributed by atoms with Crippen LogP contribution in [0.25, 0.3) is 0 Å². The van der Waals surface area contributed by atoms with Gasteiger partial charge in [-0.25, -0.2) is 4.79 Å². The molecule has 0 aliphatic carbocycles. The molecule has 586 valence electrons. The van der Waals surface area contributed by atoms with E-state index >= 15 is 14.4 Å². The summed E-state index contributed by atoms with van der Waals surface area (Å²) in [4.78, 5) is 217. The van der Waals surface area contributed by atoms with Crippen LogP contribution in [0.2, 0.25) is 0 Å². The van der Waals surface area contributed by atoms with E-state index in [2.05, 4.69) is 78.5 Å². The molecule has 3 aliphatic rings. The zero-order valence-electron chi connectivity index (χ0n) is 57.9. The summed E-state index contributed by atoms with van der Waals surface area (Å²) in [5, 5.41) is 68.6. The van der Waals surface area contributed by atoms with Gasteiger partial charge in [0.1, 0.15) is 78.3 Å². The van der Waals surface area contributed by atoms with Gasteiger partial charge in [-0.05, 0) is 94.7 Å². The van der Waals surface area contributed by atoms with Crippen LogP contribution in [0.4, 0.5) is 0 Å². The van der Waals surface area contributed by atoms with Gasteiger partial charge in [0.15, 0.2) is 23.8 Å². The maximum absolute atomic E-state index is 15.1. The van der Waals surface area contributed by atoms with E-state index in [4.69, 9.17) is 51.6 Å². The summed E-state index contributed by atoms with van der Waals surface area (Å²) < 4.78 is 0. The van der Waals surface area contributed by atoms with Crippen LogP contribution in [0.3, 0.4) is 0 Å². The lowest BCUT2D eigenvalue weighted by atomic mass is 10.0. The standard InChI is InChI=1S/C61H97N25O18S2/c62-26-44(89)75-32-8-1-2-9-33-47(93)77-34(10-3-19-71-58(63)64)49(95)81-38(24-30-15-17-31(88)18-16-30)51(97)78-35(11-4-20-72-59(65)66)50(96)85-41(53(99)80-37(57(103)104)13-6-22-74-61(69)70)28-105-106-29-42(84-46(32)92)54(100)83-40(27-87)52(98)82-39(25-45(90)91)56(102)86-23-7-14-43(86)55(101)79-36(48(94)76-33)12-5-21-73-60(67)68/h1-2,15-18,32-43,87-88H,3-14,19-29,62H2,(H,75,89)(H,76,94)(H,77,93)(H,78,97)(H,79,101)(H,80,99)(H,81,95)(H,82,98)(H,83,100)(H,84,92)(H,85,96)(H,90,91)(H,103,104)(H4,63,64,71)(H4,65,66,72)(H4,67,68,73)(H4,69,70,74)/t32-,33-,34-,35-,36-,37-,38-,39-,40-,41-,42-,43-/m0/s1. The predicted molar refractivity (Wildman–Crippen MR) is 387 cm³/mol. The summed E-state index contributed by atoms with van der Waals surface area (Å²) in [6, 6.07) is -15.5. The number of aromatic hydroxyl groups is 1. The summed E-state index contributed by atoms with van der Waals surface area (Å²) in [7, 11) is 1.45. The normalized spacial score (nSPS) is 23.9. The van der Waals surface area contributed by atoms with Crippen LogP contribution < -0.4 is 110 Å². The fraction of sp³-hybridized carbons (Fsp3) is 0.574. The van der Waals surface area contributed by atoms with Crippen LogP contribution in [0.1, 0.15) is 89.0 Å². The number of amides is 12. The Hall–Kier alpha value is -11.0. The Morgan fingerprint density at radius 3 is 1.56 bits per heavy atom. The van der Waals surface area contributed by atoms with Crippen molar-refractivity contribution in [2.45, 2.75) is 162 Å². The van der Waals surface area contributed by atoms with Gasteiger partial charge in [-0.1, -0.05) is 45.9 Å². The molecule has 106 heavy (non-hydrogen) atoms. The van der Waals surface area contributed by atoms with Crippen molar-refractivity contribution in [1.29, 1.82) is 0 Å². The van der Waals surface area contributed by atoms with E-state index in [1.165, 1.54) is 36.4 Å². The lowest BCUT2D eigenvalue weighted by molar-refractivity contribution is -0.146. The molecule has 33 N–H and O–H groups in total. The highest BCUT2D eigenvalue weighted by molar-refractivity contribution is 8.76. The highest BCUT2D eigenvalue weighted by Gasteiger charge is 2.42. The molecule has 1 aromatic carbocycles. The zero-order valence-corrected chi connectivity index (χ0v) is 59.5. The molecule has 3 aliphatic heterocycles. The van der Waals surface area contributed by atoms with E-state index in [9.17, 15) is 73.2 Å². The number of carboxylic acid groups (broad SMARTS) is 2. The molecule has 0 saturated carbocycles. The zero-order chi connectivity index (χ0) is 78.6. The number of guanidine groups is 4. The summed E-state index contributed by atoms with van der Waals surface area (Å²) in [6.45, 7) is -2.60. The second kappa shape index (κ2) is 45.3. The smallest absolute Gasteiger partial charge is 0.326 e. The number of hydrogen-bond acceptors (Lipinski definition) is 23. The summed E-state index contributed by atoms with van der Waals surface area (Å²) in [5.74, 6) is -19.1. The Balaban J connectivity index is 2.08. The number of aliphatic imine (C=N–C) groups is 4. The quantitative estimate of drug-likeness (QED) is 0.0135. The number of fused-ring (bicyclic) bond motifs is 8. The number of nitrogens with one attached hydrogen (secondary N) is 11. The number of nitrogens with two attached hydrogens (primary N) is 9. The SMILES string of the molecule is NCC(=O)N[C@H]1CC=CC[C@@H]2NC(=O)[C@H](CCCN=C(N)N)NC(=O)[C@@H]3CCCN3C(=O)[C@H](CC(=O)O)NC(=O)[C@H](CO)NC(=O)[C@H](CSSC[C@@H](C(=O)N[C@@H](CCCN=C(N)N)C(=O)O)NC(=O)[C@H](CCCN=C(N)N)NC(=O)[C@H](Cc3ccc(O)cc3)NC(=O)[C@H](CCCN=C(N)N)NC2=O)NC1=O. The molecule has 1 saturated heterocycles. The fourth-order valence-corrected chi connectivity index (χ4v) is 13.1. The Morgan fingerprint density at radius 1 is 0.547 bits per heavy atom. The number of carbonyl (C=O) groups excluding carboxylic acids is 12. The Kier molecular flexibility index (Phi) is 37.4. The van der Waals surface area contributed by atoms with E-state index in [1.807, 2.05) is 0 Å². The number of hydrogen-bond donors (Lipinski definition) is 24. The number of aliphatic hydroxyl groups excluding tert-OH is 1. The topological polar surface area (TPSA) is 739 Å². The largest absolute Gasteiger partial charge is 0.508 e. The molecule has 0 unspecified atom stereocenters. The molecular weight excluding hydrogens is 1430 g/mol. The molecule has 3 heterocycles. The number of carbonyl (C=O) groups is 14. The molecule has 45 heteroatoms. The van der Waals surface area contributed by atoms with E-state index < -0.39 is 199 Å². The van der Waals surface area contributed by atoms with Crippen molar-refractivity contribution >= 4 is 128 Å². The van der Waals surface area contributed by atoms with Gasteiger partial charge in [-0.15, -0.1) is 0 Å². The Bertz CT molecular complexity index is 3410. The van der Waals surface area contributed by atoms with E-state index in [-0.39, 0.29) is 133 Å². The lowest BCUT2D eigenvalue weighted by Gasteiger charge is -2.30. The average Bonchev–Trinajstić information content (AvgIpc) is 1.65. The molecular formula is C61H97N25O18S2. The van der Waals surface area contributed by atoms with Gasteiger partial charge >= 0.3 is 11.9 Å². The van der Waals surface area contributed by atoms with Crippen molar-refractivity contribution in [2.75, 3.05) is 57.4 Å². The number of carboxylic acids is 2. The first-order chi connectivity index (χ1) is 50.3. The number of benzene rings is 1. The summed E-state index contributed by atoms with van der Waals surface area (Å²) >= 11 is 0. The van der Waals surface area contributed by atoms with Crippen LogP contribution in [-0.2, 0) is 73.5 Å². The molecule has 1 fully saturated rings. The van der Waals surface area contributed by atoms with Gasteiger partial charge in [0.2, 0.25) is 70.9 Å². The monoisotopic (exact) mass is 1530 g/mol. The van der Waals surface area contributed by atoms with Gasteiger partial charge in [0.05, 0.1) is 19.6 Å². The first-order valence-electron chi connectivity index (χ1n) is 33.6. The van der Waals surface area contributed by atoms with E-state index in [1.54, 1.807) is 0 Å². The predicted octanol–water partition coefficient (Wildman–Crippen LogP) is -10.3. The first kappa shape index (κ1) is 87.4. The molecule has 1 aromatic rings. The number of phenols is 1. The molecule has 0 aromatic heterocycles. The lowest BCUT2D eigenvalue weighted by Crippen LogP contribution is -2.61. The van der Waals surface area contributed by atoms with Crippen molar-refractivity contribution < 1.29 is 87.5 Å². The highest BCUT2D eigenvalue weighted by atomic mass is 33.1. The van der Waals surface area contributed by atoms with Gasteiger partial charge in [0.25, 0.3) is 0 Å². The molecule has 0 spiro atoms. The first-order valence-corrected chi connectivity index (χ1v) is 36.1. The number of aliphatic hydroxyl groups is 1. The van der Waals surface area contributed by atoms with Crippen LogP contribution in [0.15, 0.2) is 56.4 Å². The number of phenolic OH excluding ortho intramolecular Hbond substituents is 1. The molecule has 4 rings (SSSR count). The number of rotatable bonds is 26. The summed E-state index contributed by atoms with van der Waals surface area (Å²) in [6.07, 6.45) is -1.21. The van der Waals surface area contributed by atoms with Crippen molar-refractivity contribution in [1.82, 2.24) is 63.4 Å². The van der Waals surface area contributed by atoms with Crippen molar-refractivity contribution in [3.8, 4) is 5.75 Å². The van der Waals surface area contributed by atoms with E-state index in [0.29, 0.717) is 5.56 Å². The van der Waals surface area contributed by atoms with Crippen molar-refractivity contribution in [2.24, 2.45) is 71.6 Å². The minimum absolute atomic E-state index is 0.0122. The maximum Gasteiger partial charge on any atom is 0.326 e. The summed E-state index contributed by atoms with van der Waals surface area (Å²) in [5.41, 5.74) is 50.5. The number of nitrogens with zero attached hydrogens (tertiary/aromatic N) is 5. The fourth-order valence-electron chi connectivity index (χ4n) is 10.7. The van der Waals surface area contributed by atoms with Gasteiger partial charge < -0.3 is 135 Å². The van der Waals surface area contributed by atoms with Crippen LogP contribution in [0, 0.1) is 0 Å². The highest BCUT2D eigenvalue weighted by Crippen LogP contribution is 2.25. The third kappa shape index (κ3) is 31.2. The van der Waals surface area contributed by atoms with Gasteiger partial charge in [-0.3, -0.25) is 82.3 Å². The maximum atomic E-state index is 15.1. The Morgan fingerprint density at radius 2 is 1.01 bits per heavy atom. The third-order valence-electron chi connectivity index (χ3n) is 16.2. The van der Waals surface area contributed by atoms with Crippen LogP contribution in [-0.4, -0.2) is 262 Å². The molecule has 12 amide bonds. The van der Waals surface area contributed by atoms with Gasteiger partial charge in [-0.2, -0.15) is 0 Å². The van der Waals surface area contributed by atoms with Crippen LogP contribution in [0.5, 0.6) is 5.75 Å². The van der Waals surface area contributed by atoms with E-state index in [0.717, 1.165) is 26.5 Å². The molecule has 43 nitrogen and oxygen atoms in total. The molecule has 12 atom stereocenters. The van der Waals surface area contributed by atoms with Crippen molar-refractivity contribution in [3.05, 3.63) is 42.0 Å².